The summed E-state index contributed by atoms with van der Waals surface area (Å²) < 4.78 is 0. The molecule has 0 aliphatic heterocycles. The quantitative estimate of drug-likeness (QED) is 0.853. The van der Waals surface area contributed by atoms with E-state index in [9.17, 15) is 9.59 Å². The van der Waals surface area contributed by atoms with Gasteiger partial charge in [-0.3, -0.25) is 15.0 Å². The van der Waals surface area contributed by atoms with E-state index < -0.39 is 0 Å². The van der Waals surface area contributed by atoms with Gasteiger partial charge in [0.2, 0.25) is 0 Å². The summed E-state index contributed by atoms with van der Waals surface area (Å²) in [5.41, 5.74) is 8.99. The second-order valence-corrected chi connectivity index (χ2v) is 5.51. The third-order valence-corrected chi connectivity index (χ3v) is 3.80. The number of amides is 1. The Morgan fingerprint density at radius 2 is 1.57 bits per heavy atom. The summed E-state index contributed by atoms with van der Waals surface area (Å²) in [5, 5.41) is 0. The minimum Gasteiger partial charge on any atom is -0.302 e. The number of rotatable bonds is 4. The Morgan fingerprint density at radius 1 is 0.870 bits per heavy atom. The largest absolute Gasteiger partial charge is 0.302 e. The molecule has 2 aromatic carbocycles. The van der Waals surface area contributed by atoms with Crippen molar-refractivity contribution in [3.8, 4) is 11.1 Å². The maximum absolute atomic E-state index is 12.1. The highest BCUT2D eigenvalue weighted by molar-refractivity contribution is 5.95. The standard InChI is InChI=1S/C19H18N2O2/c22-18-8-4-7-17(13-18)20-21-19(23)16-11-9-15(10-12-16)14-5-2-1-3-6-14/h1-3,5-6,9-13,20H,4,7-8H2,(H,21,23). The minimum atomic E-state index is -0.219. The zero-order chi connectivity index (χ0) is 16.1. The number of hydrazine groups is 1. The molecule has 3 rings (SSSR count). The molecule has 0 unspecified atom stereocenters. The van der Waals surface area contributed by atoms with E-state index in [4.69, 9.17) is 0 Å². The Hall–Kier alpha value is -2.88. The van der Waals surface area contributed by atoms with Crippen molar-refractivity contribution in [3.05, 3.63) is 71.9 Å². The Morgan fingerprint density at radius 3 is 2.26 bits per heavy atom. The number of hydrogen-bond donors (Lipinski definition) is 2. The van der Waals surface area contributed by atoms with Crippen molar-refractivity contribution in [3.63, 3.8) is 0 Å². The predicted molar refractivity (Wildman–Crippen MR) is 89.4 cm³/mol. The first-order valence-electron chi connectivity index (χ1n) is 7.67. The maximum Gasteiger partial charge on any atom is 0.269 e. The molecule has 0 atom stereocenters. The van der Waals surface area contributed by atoms with Gasteiger partial charge in [-0.25, -0.2) is 0 Å². The van der Waals surface area contributed by atoms with Crippen molar-refractivity contribution < 1.29 is 9.59 Å². The molecule has 2 aromatic rings. The average Bonchev–Trinajstić information content (AvgIpc) is 2.61. The van der Waals surface area contributed by atoms with Crippen molar-refractivity contribution in [2.45, 2.75) is 19.3 Å². The Bertz CT molecular complexity index is 734. The van der Waals surface area contributed by atoms with Gasteiger partial charge in [0.15, 0.2) is 5.78 Å². The highest BCUT2D eigenvalue weighted by atomic mass is 16.2. The van der Waals surface area contributed by atoms with Gasteiger partial charge in [-0.05, 0) is 36.1 Å². The normalized spacial score (nSPS) is 14.1. The molecule has 0 bridgehead atoms. The van der Waals surface area contributed by atoms with Crippen LogP contribution in [0.2, 0.25) is 0 Å². The molecule has 0 radical (unpaired) electrons. The lowest BCUT2D eigenvalue weighted by Crippen LogP contribution is -2.37. The van der Waals surface area contributed by atoms with Crippen LogP contribution < -0.4 is 10.9 Å². The molecule has 4 nitrogen and oxygen atoms in total. The molecular weight excluding hydrogens is 288 g/mol. The van der Waals surface area contributed by atoms with Crippen LogP contribution in [0.5, 0.6) is 0 Å². The molecule has 0 fully saturated rings. The fourth-order valence-electron chi connectivity index (χ4n) is 2.54. The number of carbonyl (C=O) groups excluding carboxylic acids is 2. The first kappa shape index (κ1) is 15.0. The second-order valence-electron chi connectivity index (χ2n) is 5.51. The van der Waals surface area contributed by atoms with Crippen molar-refractivity contribution in [2.75, 3.05) is 0 Å². The van der Waals surface area contributed by atoms with Crippen LogP contribution in [0, 0.1) is 0 Å². The number of benzene rings is 2. The summed E-state index contributed by atoms with van der Waals surface area (Å²) in [7, 11) is 0. The van der Waals surface area contributed by atoms with Gasteiger partial charge < -0.3 is 5.43 Å². The van der Waals surface area contributed by atoms with Crippen LogP contribution >= 0.6 is 0 Å². The van der Waals surface area contributed by atoms with Crippen LogP contribution in [0.25, 0.3) is 11.1 Å². The predicted octanol–water partition coefficient (Wildman–Crippen LogP) is 3.22. The van der Waals surface area contributed by atoms with Crippen LogP contribution in [0.3, 0.4) is 0 Å². The third-order valence-electron chi connectivity index (χ3n) is 3.80. The van der Waals surface area contributed by atoms with Gasteiger partial charge in [0, 0.05) is 23.8 Å². The van der Waals surface area contributed by atoms with E-state index in [1.54, 1.807) is 18.2 Å². The van der Waals surface area contributed by atoms with Gasteiger partial charge in [0.25, 0.3) is 5.91 Å². The van der Waals surface area contributed by atoms with Gasteiger partial charge in [-0.2, -0.15) is 0 Å². The first-order valence-corrected chi connectivity index (χ1v) is 7.67. The topological polar surface area (TPSA) is 58.2 Å². The summed E-state index contributed by atoms with van der Waals surface area (Å²) in [5.74, 6) is -0.122. The average molecular weight is 306 g/mol. The molecule has 1 aliphatic rings. The SMILES string of the molecule is O=C1C=C(NNC(=O)c2ccc(-c3ccccc3)cc2)CCC1. The lowest BCUT2D eigenvalue weighted by atomic mass is 10.0. The highest BCUT2D eigenvalue weighted by Crippen LogP contribution is 2.19. The van der Waals surface area contributed by atoms with Gasteiger partial charge in [0.1, 0.15) is 0 Å². The van der Waals surface area contributed by atoms with E-state index in [1.807, 2.05) is 42.5 Å². The summed E-state index contributed by atoms with van der Waals surface area (Å²) in [4.78, 5) is 23.5. The van der Waals surface area contributed by atoms with Crippen LogP contribution in [-0.4, -0.2) is 11.7 Å². The molecule has 2 N–H and O–H groups in total. The monoisotopic (exact) mass is 306 g/mol. The van der Waals surface area contributed by atoms with E-state index >= 15 is 0 Å². The van der Waals surface area contributed by atoms with Gasteiger partial charge >= 0.3 is 0 Å². The van der Waals surface area contributed by atoms with Crippen molar-refractivity contribution in [2.24, 2.45) is 0 Å². The number of allylic oxidation sites excluding steroid dienone is 2. The van der Waals surface area contributed by atoms with E-state index in [0.717, 1.165) is 29.7 Å². The van der Waals surface area contributed by atoms with E-state index in [0.29, 0.717) is 12.0 Å². The number of carbonyl (C=O) groups is 2. The summed E-state index contributed by atoms with van der Waals surface area (Å²) in [6.45, 7) is 0. The van der Waals surface area contributed by atoms with Crippen molar-refractivity contribution >= 4 is 11.7 Å². The van der Waals surface area contributed by atoms with Crippen LogP contribution in [-0.2, 0) is 4.79 Å². The molecule has 1 aliphatic carbocycles. The van der Waals surface area contributed by atoms with E-state index in [-0.39, 0.29) is 11.7 Å². The number of hydrogen-bond acceptors (Lipinski definition) is 3. The smallest absolute Gasteiger partial charge is 0.269 e. The van der Waals surface area contributed by atoms with Gasteiger partial charge in [0.05, 0.1) is 0 Å². The molecule has 0 aromatic heterocycles. The maximum atomic E-state index is 12.1. The molecule has 0 spiro atoms. The Kier molecular flexibility index (Phi) is 4.52. The lowest BCUT2D eigenvalue weighted by Gasteiger charge is -2.15. The molecule has 1 amide bonds. The third kappa shape index (κ3) is 3.86. The fourth-order valence-corrected chi connectivity index (χ4v) is 2.54. The number of nitrogens with one attached hydrogen (secondary N) is 2. The Balaban J connectivity index is 1.63. The fraction of sp³-hybridized carbons (Fsp3) is 0.158. The summed E-state index contributed by atoms with van der Waals surface area (Å²) >= 11 is 0. The highest BCUT2D eigenvalue weighted by Gasteiger charge is 2.11. The number of ketones is 1. The van der Waals surface area contributed by atoms with Crippen LogP contribution in [0.4, 0.5) is 0 Å². The molecule has 23 heavy (non-hydrogen) atoms. The molecule has 0 saturated heterocycles. The van der Waals surface area contributed by atoms with Crippen molar-refractivity contribution in [1.82, 2.24) is 10.9 Å². The van der Waals surface area contributed by atoms with Gasteiger partial charge in [-0.15, -0.1) is 0 Å². The van der Waals surface area contributed by atoms with Gasteiger partial charge in [-0.1, -0.05) is 42.5 Å². The molecule has 0 heterocycles. The Labute approximate surface area is 135 Å². The zero-order valence-corrected chi connectivity index (χ0v) is 12.7. The lowest BCUT2D eigenvalue weighted by molar-refractivity contribution is -0.115. The molecule has 0 saturated carbocycles. The summed E-state index contributed by atoms with van der Waals surface area (Å²) in [6.07, 6.45) is 3.74. The second kappa shape index (κ2) is 6.92. The first-order chi connectivity index (χ1) is 11.2. The van der Waals surface area contributed by atoms with Crippen LogP contribution in [0.15, 0.2) is 66.4 Å². The molecule has 116 valence electrons. The van der Waals surface area contributed by atoms with E-state index in [1.165, 1.54) is 0 Å². The zero-order valence-electron chi connectivity index (χ0n) is 12.7. The molecule has 4 heteroatoms. The van der Waals surface area contributed by atoms with Crippen LogP contribution in [0.1, 0.15) is 29.6 Å². The van der Waals surface area contributed by atoms with E-state index in [2.05, 4.69) is 10.9 Å². The van der Waals surface area contributed by atoms with Crippen molar-refractivity contribution in [1.29, 1.82) is 0 Å². The molecular formula is C19H18N2O2. The minimum absolute atomic E-state index is 0.0974. The summed E-state index contributed by atoms with van der Waals surface area (Å²) in [6, 6.07) is 17.4.